The SMILES string of the molecule is CC(C)c1ccc2c(c1)CCC1C(C)(CCCC1(C)C(=O)O)O2. The fourth-order valence-electron chi connectivity index (χ4n) is 4.64. The fourth-order valence-corrected chi connectivity index (χ4v) is 4.64. The van der Waals surface area contributed by atoms with Gasteiger partial charge in [-0.15, -0.1) is 0 Å². The van der Waals surface area contributed by atoms with Gasteiger partial charge in [0.05, 0.1) is 5.41 Å². The van der Waals surface area contributed by atoms with E-state index in [4.69, 9.17) is 4.74 Å². The van der Waals surface area contributed by atoms with Gasteiger partial charge in [0.15, 0.2) is 0 Å². The van der Waals surface area contributed by atoms with Crippen LogP contribution in [0.25, 0.3) is 0 Å². The van der Waals surface area contributed by atoms with Crippen molar-refractivity contribution in [2.75, 3.05) is 0 Å². The molecular formula is C20H28O3. The highest BCUT2D eigenvalue weighted by molar-refractivity contribution is 5.75. The molecule has 1 aromatic rings. The number of carboxylic acids is 1. The second-order valence-corrected chi connectivity index (χ2v) is 8.10. The zero-order chi connectivity index (χ0) is 16.8. The monoisotopic (exact) mass is 316 g/mol. The molecule has 126 valence electrons. The molecule has 0 aromatic heterocycles. The number of carbonyl (C=O) groups is 1. The number of ether oxygens (including phenoxy) is 1. The molecule has 3 nitrogen and oxygen atoms in total. The summed E-state index contributed by atoms with van der Waals surface area (Å²) in [5.74, 6) is 0.821. The van der Waals surface area contributed by atoms with Crippen LogP contribution in [0.4, 0.5) is 0 Å². The molecule has 1 N–H and O–H groups in total. The molecule has 0 radical (unpaired) electrons. The zero-order valence-electron chi connectivity index (χ0n) is 14.7. The van der Waals surface area contributed by atoms with Crippen molar-refractivity contribution in [1.82, 2.24) is 0 Å². The molecule has 1 aromatic carbocycles. The molecule has 1 fully saturated rings. The summed E-state index contributed by atoms with van der Waals surface area (Å²) in [6.45, 7) is 8.42. The Morgan fingerprint density at radius 1 is 1.30 bits per heavy atom. The van der Waals surface area contributed by atoms with E-state index >= 15 is 0 Å². The Hall–Kier alpha value is -1.51. The van der Waals surface area contributed by atoms with Gasteiger partial charge in [0, 0.05) is 5.92 Å². The van der Waals surface area contributed by atoms with Gasteiger partial charge in [-0.3, -0.25) is 4.79 Å². The van der Waals surface area contributed by atoms with Crippen molar-refractivity contribution in [3.05, 3.63) is 29.3 Å². The molecule has 0 saturated heterocycles. The number of carboxylic acid groups (broad SMARTS) is 1. The number of benzene rings is 1. The molecule has 1 heterocycles. The van der Waals surface area contributed by atoms with E-state index < -0.39 is 11.4 Å². The first kappa shape index (κ1) is 16.4. The van der Waals surface area contributed by atoms with E-state index in [2.05, 4.69) is 39.0 Å². The second-order valence-electron chi connectivity index (χ2n) is 8.10. The predicted molar refractivity (Wildman–Crippen MR) is 91.0 cm³/mol. The van der Waals surface area contributed by atoms with E-state index in [-0.39, 0.29) is 11.5 Å². The number of aryl methyl sites for hydroxylation is 1. The summed E-state index contributed by atoms with van der Waals surface area (Å²) in [4.78, 5) is 11.9. The van der Waals surface area contributed by atoms with E-state index in [9.17, 15) is 9.90 Å². The van der Waals surface area contributed by atoms with Crippen molar-refractivity contribution >= 4 is 5.97 Å². The molecule has 3 rings (SSSR count). The summed E-state index contributed by atoms with van der Waals surface area (Å²) < 4.78 is 6.47. The van der Waals surface area contributed by atoms with Crippen molar-refractivity contribution < 1.29 is 14.6 Å². The van der Waals surface area contributed by atoms with Crippen molar-refractivity contribution in [1.29, 1.82) is 0 Å². The van der Waals surface area contributed by atoms with Crippen LogP contribution in [0.15, 0.2) is 18.2 Å². The Morgan fingerprint density at radius 2 is 2.04 bits per heavy atom. The summed E-state index contributed by atoms with van der Waals surface area (Å²) >= 11 is 0. The highest BCUT2D eigenvalue weighted by Crippen LogP contribution is 2.52. The Bertz CT molecular complexity index is 621. The number of aliphatic carboxylic acids is 1. The third kappa shape index (κ3) is 2.64. The lowest BCUT2D eigenvalue weighted by atomic mass is 9.59. The van der Waals surface area contributed by atoms with Gasteiger partial charge in [0.25, 0.3) is 0 Å². The van der Waals surface area contributed by atoms with Gasteiger partial charge in [-0.2, -0.15) is 0 Å². The molecule has 0 bridgehead atoms. The number of fused-ring (bicyclic) bond motifs is 2. The first-order chi connectivity index (χ1) is 10.8. The normalized spacial score (nSPS) is 33.3. The summed E-state index contributed by atoms with van der Waals surface area (Å²) in [6, 6.07) is 6.48. The van der Waals surface area contributed by atoms with Crippen LogP contribution in [0.2, 0.25) is 0 Å². The average molecular weight is 316 g/mol. The van der Waals surface area contributed by atoms with Gasteiger partial charge in [-0.1, -0.05) is 26.0 Å². The van der Waals surface area contributed by atoms with Crippen molar-refractivity contribution in [3.8, 4) is 5.75 Å². The fraction of sp³-hybridized carbons (Fsp3) is 0.650. The van der Waals surface area contributed by atoms with Crippen LogP contribution in [-0.2, 0) is 11.2 Å². The molecule has 0 amide bonds. The molecule has 3 heteroatoms. The first-order valence-corrected chi connectivity index (χ1v) is 8.81. The van der Waals surface area contributed by atoms with Crippen LogP contribution in [0.3, 0.4) is 0 Å². The van der Waals surface area contributed by atoms with E-state index in [0.717, 1.165) is 37.9 Å². The van der Waals surface area contributed by atoms with Crippen molar-refractivity contribution in [2.24, 2.45) is 11.3 Å². The van der Waals surface area contributed by atoms with Crippen LogP contribution in [0.1, 0.15) is 70.4 Å². The average Bonchev–Trinajstić information content (AvgIpc) is 2.62. The lowest BCUT2D eigenvalue weighted by Gasteiger charge is -2.48. The van der Waals surface area contributed by atoms with Gasteiger partial charge >= 0.3 is 5.97 Å². The summed E-state index contributed by atoms with van der Waals surface area (Å²) in [6.07, 6.45) is 4.38. The second kappa shape index (κ2) is 5.54. The topological polar surface area (TPSA) is 46.5 Å². The number of hydrogen-bond donors (Lipinski definition) is 1. The first-order valence-electron chi connectivity index (χ1n) is 8.81. The number of rotatable bonds is 2. The maximum Gasteiger partial charge on any atom is 0.309 e. The molecule has 1 saturated carbocycles. The maximum absolute atomic E-state index is 11.9. The third-order valence-electron chi connectivity index (χ3n) is 6.16. The minimum Gasteiger partial charge on any atom is -0.487 e. The van der Waals surface area contributed by atoms with Crippen molar-refractivity contribution in [2.45, 2.75) is 71.3 Å². The lowest BCUT2D eigenvalue weighted by molar-refractivity contribution is -0.164. The van der Waals surface area contributed by atoms with Crippen LogP contribution >= 0.6 is 0 Å². The number of hydrogen-bond acceptors (Lipinski definition) is 2. The van der Waals surface area contributed by atoms with Gasteiger partial charge in [-0.05, 0) is 69.1 Å². The Balaban J connectivity index is 2.00. The lowest BCUT2D eigenvalue weighted by Crippen LogP contribution is -2.54. The highest BCUT2D eigenvalue weighted by Gasteiger charge is 2.55. The quantitative estimate of drug-likeness (QED) is 0.853. The smallest absolute Gasteiger partial charge is 0.309 e. The van der Waals surface area contributed by atoms with E-state index in [1.165, 1.54) is 11.1 Å². The van der Waals surface area contributed by atoms with Crippen LogP contribution in [-0.4, -0.2) is 16.7 Å². The molecule has 1 aliphatic heterocycles. The Kier molecular flexibility index (Phi) is 3.94. The molecule has 3 atom stereocenters. The van der Waals surface area contributed by atoms with E-state index in [1.54, 1.807) is 0 Å². The minimum atomic E-state index is -0.685. The third-order valence-corrected chi connectivity index (χ3v) is 6.16. The summed E-state index contributed by atoms with van der Waals surface area (Å²) in [5, 5.41) is 9.82. The van der Waals surface area contributed by atoms with Gasteiger partial charge in [0.1, 0.15) is 11.4 Å². The van der Waals surface area contributed by atoms with Crippen LogP contribution in [0, 0.1) is 11.3 Å². The van der Waals surface area contributed by atoms with Crippen LogP contribution < -0.4 is 4.74 Å². The van der Waals surface area contributed by atoms with Gasteiger partial charge < -0.3 is 9.84 Å². The molecule has 2 aliphatic rings. The largest absolute Gasteiger partial charge is 0.487 e. The van der Waals surface area contributed by atoms with E-state index in [0.29, 0.717) is 5.92 Å². The standard InChI is InChI=1S/C20H28O3/c1-13(2)14-6-8-16-15(12-14)7-9-17-19(3,18(21)22)10-5-11-20(17,4)23-16/h6,8,12-13,17H,5,7,9-11H2,1-4H3,(H,21,22). The van der Waals surface area contributed by atoms with Crippen LogP contribution in [0.5, 0.6) is 5.75 Å². The van der Waals surface area contributed by atoms with Gasteiger partial charge in [0.2, 0.25) is 0 Å². The highest BCUT2D eigenvalue weighted by atomic mass is 16.5. The maximum atomic E-state index is 11.9. The predicted octanol–water partition coefficient (Wildman–Crippen LogP) is 4.78. The minimum absolute atomic E-state index is 0.0520. The molecule has 0 spiro atoms. The molecule has 3 unspecified atom stereocenters. The zero-order valence-corrected chi connectivity index (χ0v) is 14.7. The molecular weight excluding hydrogens is 288 g/mol. The molecule has 23 heavy (non-hydrogen) atoms. The summed E-state index contributed by atoms with van der Waals surface area (Å²) in [7, 11) is 0. The van der Waals surface area contributed by atoms with Gasteiger partial charge in [-0.25, -0.2) is 0 Å². The Morgan fingerprint density at radius 3 is 2.70 bits per heavy atom. The van der Waals surface area contributed by atoms with E-state index in [1.807, 2.05) is 6.92 Å². The summed E-state index contributed by atoms with van der Waals surface area (Å²) in [5.41, 5.74) is 1.49. The Labute approximate surface area is 139 Å². The van der Waals surface area contributed by atoms with Crippen molar-refractivity contribution in [3.63, 3.8) is 0 Å². The molecule has 1 aliphatic carbocycles.